The molecule has 16 heavy (non-hydrogen) atoms. The molecule has 0 saturated heterocycles. The molecule has 2 aromatic rings. The van der Waals surface area contributed by atoms with E-state index in [1.54, 1.807) is 6.20 Å². The second-order valence-corrected chi connectivity index (χ2v) is 3.61. The third kappa shape index (κ3) is 2.37. The van der Waals surface area contributed by atoms with Crippen LogP contribution in [0.2, 0.25) is 0 Å². The molecule has 3 heteroatoms. The Balaban J connectivity index is 2.16. The first-order valence-electron chi connectivity index (χ1n) is 5.20. The fourth-order valence-corrected chi connectivity index (χ4v) is 1.62. The van der Waals surface area contributed by atoms with Crippen LogP contribution in [0, 0.1) is 0 Å². The molecule has 0 radical (unpaired) electrons. The van der Waals surface area contributed by atoms with E-state index in [9.17, 15) is 4.79 Å². The van der Waals surface area contributed by atoms with Gasteiger partial charge in [-0.3, -0.25) is 9.78 Å². The number of esters is 1. The summed E-state index contributed by atoms with van der Waals surface area (Å²) in [6.07, 6.45) is 2.88. The molecule has 0 saturated carbocycles. The van der Waals surface area contributed by atoms with E-state index in [-0.39, 0.29) is 5.97 Å². The van der Waals surface area contributed by atoms with Gasteiger partial charge in [0.2, 0.25) is 0 Å². The number of benzene rings is 1. The highest BCUT2D eigenvalue weighted by Gasteiger charge is 2.02. The molecule has 0 unspecified atom stereocenters. The highest BCUT2D eigenvalue weighted by molar-refractivity contribution is 5.79. The topological polar surface area (TPSA) is 39.2 Å². The van der Waals surface area contributed by atoms with E-state index in [0.717, 1.165) is 16.5 Å². The molecular weight excluding hydrogens is 202 g/mol. The number of carbonyl (C=O) groups is 1. The Morgan fingerprint density at radius 2 is 2.25 bits per heavy atom. The summed E-state index contributed by atoms with van der Waals surface area (Å²) in [5.74, 6) is -0.180. The lowest BCUT2D eigenvalue weighted by molar-refractivity contribution is -0.140. The molecule has 0 amide bonds. The molecule has 0 aliphatic heterocycles. The SMILES string of the molecule is COC(=O)CCc1ccc2cccnc2c1. The van der Waals surface area contributed by atoms with Crippen LogP contribution in [0.15, 0.2) is 36.5 Å². The average molecular weight is 215 g/mol. The molecule has 2 rings (SSSR count). The van der Waals surface area contributed by atoms with Crippen molar-refractivity contribution >= 4 is 16.9 Å². The summed E-state index contributed by atoms with van der Waals surface area (Å²) < 4.78 is 4.60. The summed E-state index contributed by atoms with van der Waals surface area (Å²) >= 11 is 0. The molecule has 0 aliphatic rings. The van der Waals surface area contributed by atoms with Crippen molar-refractivity contribution in [2.75, 3.05) is 7.11 Å². The maximum atomic E-state index is 11.0. The molecule has 1 aromatic carbocycles. The zero-order valence-electron chi connectivity index (χ0n) is 9.14. The molecule has 0 spiro atoms. The number of aromatic nitrogens is 1. The average Bonchev–Trinajstić information content (AvgIpc) is 2.35. The number of hydrogen-bond donors (Lipinski definition) is 0. The van der Waals surface area contributed by atoms with Gasteiger partial charge in [0.25, 0.3) is 0 Å². The van der Waals surface area contributed by atoms with Crippen LogP contribution in [0.25, 0.3) is 10.9 Å². The lowest BCUT2D eigenvalue weighted by Crippen LogP contribution is -2.01. The van der Waals surface area contributed by atoms with Gasteiger partial charge in [-0.05, 0) is 24.1 Å². The number of methoxy groups -OCH3 is 1. The first kappa shape index (κ1) is 10.6. The summed E-state index contributed by atoms with van der Waals surface area (Å²) in [6.45, 7) is 0. The van der Waals surface area contributed by atoms with E-state index in [2.05, 4.69) is 9.72 Å². The maximum absolute atomic E-state index is 11.0. The van der Waals surface area contributed by atoms with Crippen molar-refractivity contribution < 1.29 is 9.53 Å². The lowest BCUT2D eigenvalue weighted by atomic mass is 10.1. The van der Waals surface area contributed by atoms with Gasteiger partial charge >= 0.3 is 5.97 Å². The van der Waals surface area contributed by atoms with Crippen molar-refractivity contribution in [1.82, 2.24) is 4.98 Å². The fraction of sp³-hybridized carbons (Fsp3) is 0.231. The maximum Gasteiger partial charge on any atom is 0.305 e. The van der Waals surface area contributed by atoms with Crippen molar-refractivity contribution in [1.29, 1.82) is 0 Å². The fourth-order valence-electron chi connectivity index (χ4n) is 1.62. The van der Waals surface area contributed by atoms with E-state index in [1.165, 1.54) is 7.11 Å². The van der Waals surface area contributed by atoms with Gasteiger partial charge in [-0.1, -0.05) is 18.2 Å². The minimum Gasteiger partial charge on any atom is -0.469 e. The van der Waals surface area contributed by atoms with Gasteiger partial charge in [-0.25, -0.2) is 0 Å². The Morgan fingerprint density at radius 1 is 1.38 bits per heavy atom. The Hall–Kier alpha value is -1.90. The Labute approximate surface area is 94.1 Å². The molecular formula is C13H13NO2. The van der Waals surface area contributed by atoms with E-state index in [4.69, 9.17) is 0 Å². The number of nitrogens with zero attached hydrogens (tertiary/aromatic N) is 1. The van der Waals surface area contributed by atoms with Crippen molar-refractivity contribution in [3.8, 4) is 0 Å². The molecule has 1 aromatic heterocycles. The van der Waals surface area contributed by atoms with Crippen molar-refractivity contribution in [3.05, 3.63) is 42.1 Å². The van der Waals surface area contributed by atoms with Gasteiger partial charge in [-0.15, -0.1) is 0 Å². The molecule has 0 fully saturated rings. The standard InChI is InChI=1S/C13H13NO2/c1-16-13(15)7-5-10-4-6-11-3-2-8-14-12(11)9-10/h2-4,6,8-9H,5,7H2,1H3. The predicted molar refractivity (Wildman–Crippen MR) is 62.1 cm³/mol. The molecule has 0 bridgehead atoms. The summed E-state index contributed by atoms with van der Waals surface area (Å²) in [5, 5.41) is 1.12. The molecule has 0 N–H and O–H groups in total. The number of rotatable bonds is 3. The number of hydrogen-bond acceptors (Lipinski definition) is 3. The molecule has 3 nitrogen and oxygen atoms in total. The number of fused-ring (bicyclic) bond motifs is 1. The van der Waals surface area contributed by atoms with E-state index >= 15 is 0 Å². The van der Waals surface area contributed by atoms with Crippen LogP contribution < -0.4 is 0 Å². The highest BCUT2D eigenvalue weighted by atomic mass is 16.5. The zero-order valence-corrected chi connectivity index (χ0v) is 9.14. The van der Waals surface area contributed by atoms with E-state index < -0.39 is 0 Å². The van der Waals surface area contributed by atoms with Gasteiger partial charge < -0.3 is 4.74 Å². The highest BCUT2D eigenvalue weighted by Crippen LogP contribution is 2.14. The zero-order chi connectivity index (χ0) is 11.4. The largest absolute Gasteiger partial charge is 0.469 e. The normalized spacial score (nSPS) is 10.3. The minimum absolute atomic E-state index is 0.180. The lowest BCUT2D eigenvalue weighted by Gasteiger charge is -2.02. The van der Waals surface area contributed by atoms with Crippen LogP contribution in [0.1, 0.15) is 12.0 Å². The summed E-state index contributed by atoms with van der Waals surface area (Å²) in [6, 6.07) is 9.99. The van der Waals surface area contributed by atoms with Crippen LogP contribution >= 0.6 is 0 Å². The van der Waals surface area contributed by atoms with Crippen molar-refractivity contribution in [2.45, 2.75) is 12.8 Å². The molecule has 0 atom stereocenters. The first-order valence-corrected chi connectivity index (χ1v) is 5.20. The quantitative estimate of drug-likeness (QED) is 0.738. The van der Waals surface area contributed by atoms with Gasteiger partial charge in [0.15, 0.2) is 0 Å². The van der Waals surface area contributed by atoms with Gasteiger partial charge in [0.05, 0.1) is 12.6 Å². The smallest absolute Gasteiger partial charge is 0.305 e. The Bertz CT molecular complexity index is 508. The van der Waals surface area contributed by atoms with E-state index in [1.807, 2.05) is 30.3 Å². The monoisotopic (exact) mass is 215 g/mol. The second kappa shape index (κ2) is 4.75. The molecule has 82 valence electrons. The molecule has 1 heterocycles. The van der Waals surface area contributed by atoms with Crippen LogP contribution in [-0.4, -0.2) is 18.1 Å². The number of aryl methyl sites for hydroxylation is 1. The Morgan fingerprint density at radius 3 is 3.06 bits per heavy atom. The van der Waals surface area contributed by atoms with Crippen LogP contribution in [-0.2, 0) is 16.0 Å². The summed E-state index contributed by atoms with van der Waals surface area (Å²) in [7, 11) is 1.41. The van der Waals surface area contributed by atoms with Gasteiger partial charge in [0.1, 0.15) is 0 Å². The first-order chi connectivity index (χ1) is 7.79. The third-order valence-electron chi connectivity index (χ3n) is 2.52. The Kier molecular flexibility index (Phi) is 3.15. The second-order valence-electron chi connectivity index (χ2n) is 3.61. The predicted octanol–water partition coefficient (Wildman–Crippen LogP) is 2.34. The van der Waals surface area contributed by atoms with Gasteiger partial charge in [0, 0.05) is 18.0 Å². The molecule has 0 aliphatic carbocycles. The summed E-state index contributed by atoms with van der Waals surface area (Å²) in [5.41, 5.74) is 2.07. The summed E-state index contributed by atoms with van der Waals surface area (Å²) in [4.78, 5) is 15.3. The van der Waals surface area contributed by atoms with Crippen molar-refractivity contribution in [2.24, 2.45) is 0 Å². The minimum atomic E-state index is -0.180. The number of carbonyl (C=O) groups excluding carboxylic acids is 1. The van der Waals surface area contributed by atoms with Crippen LogP contribution in [0.5, 0.6) is 0 Å². The van der Waals surface area contributed by atoms with Crippen molar-refractivity contribution in [3.63, 3.8) is 0 Å². The van der Waals surface area contributed by atoms with E-state index in [0.29, 0.717) is 12.8 Å². The van der Waals surface area contributed by atoms with Crippen LogP contribution in [0.4, 0.5) is 0 Å². The third-order valence-corrected chi connectivity index (χ3v) is 2.52. The number of pyridine rings is 1. The number of ether oxygens (including phenoxy) is 1. The van der Waals surface area contributed by atoms with Crippen LogP contribution in [0.3, 0.4) is 0 Å². The van der Waals surface area contributed by atoms with Gasteiger partial charge in [-0.2, -0.15) is 0 Å².